The molecule has 0 heterocycles. The average molecular weight is 512 g/mol. The van der Waals surface area contributed by atoms with Gasteiger partial charge in [0.25, 0.3) is 0 Å². The first-order valence-electron chi connectivity index (χ1n) is 15.4. The summed E-state index contributed by atoms with van der Waals surface area (Å²) in [4.78, 5) is 26.5. The molecule has 0 aromatic heterocycles. The van der Waals surface area contributed by atoms with Crippen molar-refractivity contribution in [1.82, 2.24) is 4.90 Å². The second-order valence-electron chi connectivity index (χ2n) is 10.9. The number of rotatable bonds is 26. The van der Waals surface area contributed by atoms with E-state index in [1.54, 1.807) is 0 Å². The van der Waals surface area contributed by atoms with Crippen LogP contribution in [0, 0.1) is 5.92 Å². The van der Waals surface area contributed by atoms with Gasteiger partial charge in [0, 0.05) is 6.42 Å². The molecule has 0 N–H and O–H groups in total. The molecule has 0 aliphatic rings. The minimum absolute atomic E-state index is 0.00624. The molecule has 5 nitrogen and oxygen atoms in total. The molecule has 36 heavy (non-hydrogen) atoms. The standard InChI is InChI=1S/C31H61NO4/c1-6-9-10-11-15-18-23-29(36-30(33)25-21-26-32(4)5)24-19-16-13-12-14-17-20-27-35-31(34)28(8-3)22-7-2/h28-29H,6-27H2,1-5H3. The van der Waals surface area contributed by atoms with Crippen LogP contribution in [0.3, 0.4) is 0 Å². The van der Waals surface area contributed by atoms with Gasteiger partial charge in [-0.3, -0.25) is 9.59 Å². The van der Waals surface area contributed by atoms with Crippen molar-refractivity contribution >= 4 is 11.9 Å². The summed E-state index contributed by atoms with van der Waals surface area (Å²) < 4.78 is 11.4. The number of nitrogens with zero attached hydrogens (tertiary/aromatic N) is 1. The summed E-state index contributed by atoms with van der Waals surface area (Å²) in [5.74, 6) is 0.0546. The summed E-state index contributed by atoms with van der Waals surface area (Å²) in [6.45, 7) is 7.93. The first kappa shape index (κ1) is 34.9. The highest BCUT2D eigenvalue weighted by Gasteiger charge is 2.16. The molecule has 214 valence electrons. The van der Waals surface area contributed by atoms with Crippen LogP contribution in [0.2, 0.25) is 0 Å². The van der Waals surface area contributed by atoms with E-state index < -0.39 is 0 Å². The topological polar surface area (TPSA) is 55.8 Å². The van der Waals surface area contributed by atoms with Gasteiger partial charge in [-0.25, -0.2) is 0 Å². The second kappa shape index (κ2) is 25.5. The molecule has 2 unspecified atom stereocenters. The first-order chi connectivity index (χ1) is 17.4. The van der Waals surface area contributed by atoms with E-state index in [1.165, 1.54) is 64.2 Å². The quantitative estimate of drug-likeness (QED) is 0.0860. The van der Waals surface area contributed by atoms with Gasteiger partial charge in [-0.2, -0.15) is 0 Å². The van der Waals surface area contributed by atoms with Gasteiger partial charge in [0.2, 0.25) is 0 Å². The van der Waals surface area contributed by atoms with E-state index in [0.29, 0.717) is 13.0 Å². The SMILES string of the molecule is CCCCCCCCC(CCCCCCCCCOC(=O)C(CC)CCC)OC(=O)CCCN(C)C. The Hall–Kier alpha value is -1.10. The lowest BCUT2D eigenvalue weighted by Gasteiger charge is -2.18. The number of esters is 2. The zero-order chi connectivity index (χ0) is 26.9. The van der Waals surface area contributed by atoms with Crippen molar-refractivity contribution in [3.05, 3.63) is 0 Å². The molecule has 2 atom stereocenters. The number of hydrogen-bond donors (Lipinski definition) is 0. The van der Waals surface area contributed by atoms with Crippen molar-refractivity contribution in [1.29, 1.82) is 0 Å². The van der Waals surface area contributed by atoms with E-state index in [9.17, 15) is 9.59 Å². The van der Waals surface area contributed by atoms with Crippen molar-refractivity contribution in [3.63, 3.8) is 0 Å². The Labute approximate surface area is 224 Å². The van der Waals surface area contributed by atoms with Crippen LogP contribution < -0.4 is 0 Å². The lowest BCUT2D eigenvalue weighted by atomic mass is 10.0. The Bertz CT molecular complexity index is 509. The smallest absolute Gasteiger partial charge is 0.308 e. The molecule has 0 amide bonds. The fourth-order valence-electron chi connectivity index (χ4n) is 4.68. The lowest BCUT2D eigenvalue weighted by molar-refractivity contribution is -0.150. The molecule has 0 saturated carbocycles. The van der Waals surface area contributed by atoms with Crippen LogP contribution in [0.15, 0.2) is 0 Å². The molecule has 0 aromatic rings. The van der Waals surface area contributed by atoms with Crippen molar-refractivity contribution < 1.29 is 19.1 Å². The third kappa shape index (κ3) is 22.1. The van der Waals surface area contributed by atoms with E-state index in [0.717, 1.165) is 64.3 Å². The highest BCUT2D eigenvalue weighted by atomic mass is 16.5. The average Bonchev–Trinajstić information content (AvgIpc) is 2.85. The van der Waals surface area contributed by atoms with Crippen molar-refractivity contribution in [3.8, 4) is 0 Å². The monoisotopic (exact) mass is 511 g/mol. The summed E-state index contributed by atoms with van der Waals surface area (Å²) in [7, 11) is 4.08. The van der Waals surface area contributed by atoms with Gasteiger partial charge in [0.15, 0.2) is 0 Å². The number of carbonyl (C=O) groups is 2. The van der Waals surface area contributed by atoms with Gasteiger partial charge in [-0.1, -0.05) is 91.4 Å². The molecule has 0 bridgehead atoms. The van der Waals surface area contributed by atoms with Crippen LogP contribution >= 0.6 is 0 Å². The van der Waals surface area contributed by atoms with Gasteiger partial charge in [-0.15, -0.1) is 0 Å². The predicted octanol–water partition coefficient (Wildman–Crippen LogP) is 8.48. The van der Waals surface area contributed by atoms with Gasteiger partial charge in [-0.05, 0) is 72.0 Å². The summed E-state index contributed by atoms with van der Waals surface area (Å²) in [6, 6.07) is 0. The van der Waals surface area contributed by atoms with Gasteiger partial charge in [0.05, 0.1) is 12.5 Å². The maximum atomic E-state index is 12.3. The van der Waals surface area contributed by atoms with Gasteiger partial charge < -0.3 is 14.4 Å². The summed E-state index contributed by atoms with van der Waals surface area (Å²) in [5.41, 5.74) is 0. The highest BCUT2D eigenvalue weighted by Crippen LogP contribution is 2.18. The minimum atomic E-state index is -0.0199. The maximum Gasteiger partial charge on any atom is 0.308 e. The van der Waals surface area contributed by atoms with Crippen LogP contribution in [0.5, 0.6) is 0 Å². The second-order valence-corrected chi connectivity index (χ2v) is 10.9. The Morgan fingerprint density at radius 1 is 0.667 bits per heavy atom. The van der Waals surface area contributed by atoms with Crippen molar-refractivity contribution in [2.24, 2.45) is 5.92 Å². The Morgan fingerprint density at radius 3 is 1.75 bits per heavy atom. The van der Waals surface area contributed by atoms with Gasteiger partial charge >= 0.3 is 11.9 Å². The highest BCUT2D eigenvalue weighted by molar-refractivity contribution is 5.72. The number of carbonyl (C=O) groups excluding carboxylic acids is 2. The molecule has 0 aliphatic heterocycles. The fourth-order valence-corrected chi connectivity index (χ4v) is 4.68. The third-order valence-electron chi connectivity index (χ3n) is 7.04. The molecule has 0 radical (unpaired) electrons. The lowest BCUT2D eigenvalue weighted by Crippen LogP contribution is -2.20. The molecular formula is C31H61NO4. The van der Waals surface area contributed by atoms with Crippen molar-refractivity contribution in [2.45, 2.75) is 155 Å². The summed E-state index contributed by atoms with van der Waals surface area (Å²) in [6.07, 6.45) is 22.1. The van der Waals surface area contributed by atoms with E-state index in [2.05, 4.69) is 25.7 Å². The van der Waals surface area contributed by atoms with Crippen LogP contribution in [-0.2, 0) is 19.1 Å². The molecule has 0 aromatic carbocycles. The van der Waals surface area contributed by atoms with E-state index in [4.69, 9.17) is 9.47 Å². The largest absolute Gasteiger partial charge is 0.465 e. The minimum Gasteiger partial charge on any atom is -0.465 e. The molecule has 0 fully saturated rings. The number of unbranched alkanes of at least 4 members (excludes halogenated alkanes) is 11. The Morgan fingerprint density at radius 2 is 1.22 bits per heavy atom. The number of ether oxygens (including phenoxy) is 2. The summed E-state index contributed by atoms with van der Waals surface area (Å²) in [5, 5.41) is 0. The Kier molecular flexibility index (Phi) is 24.8. The Balaban J connectivity index is 4.00. The van der Waals surface area contributed by atoms with E-state index >= 15 is 0 Å². The molecule has 0 saturated heterocycles. The van der Waals surface area contributed by atoms with Gasteiger partial charge in [0.1, 0.15) is 6.10 Å². The van der Waals surface area contributed by atoms with E-state index in [1.807, 2.05) is 14.1 Å². The molecule has 0 spiro atoms. The molecule has 0 aliphatic carbocycles. The van der Waals surface area contributed by atoms with E-state index in [-0.39, 0.29) is 24.0 Å². The zero-order valence-corrected chi connectivity index (χ0v) is 24.8. The third-order valence-corrected chi connectivity index (χ3v) is 7.04. The van der Waals surface area contributed by atoms with Crippen LogP contribution in [0.1, 0.15) is 149 Å². The normalized spacial score (nSPS) is 13.1. The number of hydrogen-bond acceptors (Lipinski definition) is 5. The fraction of sp³-hybridized carbons (Fsp3) is 0.935. The maximum absolute atomic E-state index is 12.3. The molecule has 5 heteroatoms. The van der Waals surface area contributed by atoms with Crippen LogP contribution in [0.25, 0.3) is 0 Å². The molecular weight excluding hydrogens is 450 g/mol. The zero-order valence-electron chi connectivity index (χ0n) is 24.8. The molecule has 0 rings (SSSR count). The van der Waals surface area contributed by atoms with Crippen molar-refractivity contribution in [2.75, 3.05) is 27.2 Å². The first-order valence-corrected chi connectivity index (χ1v) is 15.4. The predicted molar refractivity (Wildman–Crippen MR) is 152 cm³/mol. The summed E-state index contributed by atoms with van der Waals surface area (Å²) >= 11 is 0. The van der Waals surface area contributed by atoms with Crippen LogP contribution in [-0.4, -0.2) is 50.2 Å². The van der Waals surface area contributed by atoms with Crippen LogP contribution in [0.4, 0.5) is 0 Å².